The molecule has 0 saturated carbocycles. The van der Waals surface area contributed by atoms with E-state index in [0.29, 0.717) is 27.0 Å². The zero-order chi connectivity index (χ0) is 14.7. The third-order valence-electron chi connectivity index (χ3n) is 2.77. The molecule has 0 atom stereocenters. The first-order valence-electron chi connectivity index (χ1n) is 5.92. The standard InChI is InChI=1S/C15H13Cl2NO2/c1-9-3-5-11(6-4-9)18-15(19)10-7-12(16)14(20-2)13(17)8-10/h3-8H,1-2H3,(H,18,19). The number of anilines is 1. The van der Waals surface area contributed by atoms with Gasteiger partial charge in [-0.3, -0.25) is 4.79 Å². The molecule has 1 N–H and O–H groups in total. The van der Waals surface area contributed by atoms with Gasteiger partial charge in [0.2, 0.25) is 0 Å². The van der Waals surface area contributed by atoms with E-state index in [1.54, 1.807) is 0 Å². The summed E-state index contributed by atoms with van der Waals surface area (Å²) in [5.41, 5.74) is 2.21. The summed E-state index contributed by atoms with van der Waals surface area (Å²) < 4.78 is 5.05. The second-order valence-electron chi connectivity index (χ2n) is 4.29. The van der Waals surface area contributed by atoms with Crippen LogP contribution in [0.5, 0.6) is 5.75 Å². The Morgan fingerprint density at radius 3 is 2.15 bits per heavy atom. The molecular formula is C15H13Cl2NO2. The van der Waals surface area contributed by atoms with Crippen molar-refractivity contribution in [2.24, 2.45) is 0 Å². The van der Waals surface area contributed by atoms with Gasteiger partial charge in [-0.05, 0) is 31.2 Å². The lowest BCUT2D eigenvalue weighted by Gasteiger charge is -2.09. The Balaban J connectivity index is 2.23. The van der Waals surface area contributed by atoms with Gasteiger partial charge in [-0.25, -0.2) is 0 Å². The average Bonchev–Trinajstić information content (AvgIpc) is 2.41. The van der Waals surface area contributed by atoms with Gasteiger partial charge in [-0.1, -0.05) is 40.9 Å². The predicted octanol–water partition coefficient (Wildman–Crippen LogP) is 4.56. The monoisotopic (exact) mass is 309 g/mol. The first-order valence-corrected chi connectivity index (χ1v) is 6.68. The molecule has 0 saturated heterocycles. The maximum atomic E-state index is 12.1. The van der Waals surface area contributed by atoms with E-state index in [1.807, 2.05) is 31.2 Å². The molecule has 0 spiro atoms. The molecule has 0 aromatic heterocycles. The zero-order valence-electron chi connectivity index (χ0n) is 11.0. The fraction of sp³-hybridized carbons (Fsp3) is 0.133. The van der Waals surface area contributed by atoms with Gasteiger partial charge < -0.3 is 10.1 Å². The molecule has 0 unspecified atom stereocenters. The highest BCUT2D eigenvalue weighted by atomic mass is 35.5. The number of amides is 1. The van der Waals surface area contributed by atoms with Crippen molar-refractivity contribution in [3.63, 3.8) is 0 Å². The Hall–Kier alpha value is -1.71. The van der Waals surface area contributed by atoms with Crippen molar-refractivity contribution in [2.45, 2.75) is 6.92 Å². The summed E-state index contributed by atoms with van der Waals surface area (Å²) >= 11 is 12.0. The number of rotatable bonds is 3. The smallest absolute Gasteiger partial charge is 0.255 e. The van der Waals surface area contributed by atoms with Crippen LogP contribution in [0.4, 0.5) is 5.69 Å². The van der Waals surface area contributed by atoms with Crippen LogP contribution in [-0.4, -0.2) is 13.0 Å². The number of nitrogens with one attached hydrogen (secondary N) is 1. The fourth-order valence-electron chi connectivity index (χ4n) is 1.73. The van der Waals surface area contributed by atoms with E-state index in [-0.39, 0.29) is 5.91 Å². The van der Waals surface area contributed by atoms with Crippen molar-refractivity contribution >= 4 is 34.8 Å². The second-order valence-corrected chi connectivity index (χ2v) is 5.11. The van der Waals surface area contributed by atoms with Crippen molar-refractivity contribution in [1.29, 1.82) is 0 Å². The number of carbonyl (C=O) groups is 1. The molecule has 104 valence electrons. The molecule has 2 rings (SSSR count). The predicted molar refractivity (Wildman–Crippen MR) is 82.1 cm³/mol. The van der Waals surface area contributed by atoms with Crippen LogP contribution in [0.15, 0.2) is 36.4 Å². The van der Waals surface area contributed by atoms with Gasteiger partial charge in [0, 0.05) is 11.3 Å². The van der Waals surface area contributed by atoms with Crippen LogP contribution in [0.1, 0.15) is 15.9 Å². The van der Waals surface area contributed by atoms with E-state index >= 15 is 0 Å². The van der Waals surface area contributed by atoms with Crippen LogP contribution in [-0.2, 0) is 0 Å². The van der Waals surface area contributed by atoms with Gasteiger partial charge in [0.25, 0.3) is 5.91 Å². The number of hydrogen-bond acceptors (Lipinski definition) is 2. The summed E-state index contributed by atoms with van der Waals surface area (Å²) in [4.78, 5) is 12.1. The highest BCUT2D eigenvalue weighted by Crippen LogP contribution is 2.34. The van der Waals surface area contributed by atoms with E-state index in [1.165, 1.54) is 19.2 Å². The van der Waals surface area contributed by atoms with Gasteiger partial charge in [0.15, 0.2) is 5.75 Å². The summed E-state index contributed by atoms with van der Waals surface area (Å²) in [5.74, 6) is 0.0838. The lowest BCUT2D eigenvalue weighted by atomic mass is 10.2. The number of aryl methyl sites for hydroxylation is 1. The second kappa shape index (κ2) is 6.16. The molecule has 0 heterocycles. The van der Waals surface area contributed by atoms with Gasteiger partial charge in [-0.15, -0.1) is 0 Å². The SMILES string of the molecule is COc1c(Cl)cc(C(=O)Nc2ccc(C)cc2)cc1Cl. The number of ether oxygens (including phenoxy) is 1. The van der Waals surface area contributed by atoms with Crippen LogP contribution in [0.3, 0.4) is 0 Å². The number of carbonyl (C=O) groups excluding carboxylic acids is 1. The van der Waals surface area contributed by atoms with Crippen LogP contribution >= 0.6 is 23.2 Å². The van der Waals surface area contributed by atoms with Crippen molar-refractivity contribution in [3.8, 4) is 5.75 Å². The Morgan fingerprint density at radius 1 is 1.10 bits per heavy atom. The van der Waals surface area contributed by atoms with Crippen molar-refractivity contribution in [1.82, 2.24) is 0 Å². The minimum atomic E-state index is -0.277. The molecule has 1 amide bonds. The highest BCUT2D eigenvalue weighted by molar-refractivity contribution is 6.37. The minimum Gasteiger partial charge on any atom is -0.494 e. The van der Waals surface area contributed by atoms with Crippen molar-refractivity contribution in [2.75, 3.05) is 12.4 Å². The first kappa shape index (κ1) is 14.7. The molecule has 20 heavy (non-hydrogen) atoms. The maximum absolute atomic E-state index is 12.1. The lowest BCUT2D eigenvalue weighted by molar-refractivity contribution is 0.102. The number of hydrogen-bond donors (Lipinski definition) is 1. The van der Waals surface area contributed by atoms with E-state index < -0.39 is 0 Å². The third kappa shape index (κ3) is 3.24. The Kier molecular flexibility index (Phi) is 4.53. The highest BCUT2D eigenvalue weighted by Gasteiger charge is 2.13. The topological polar surface area (TPSA) is 38.3 Å². The molecule has 5 heteroatoms. The molecule has 0 radical (unpaired) electrons. The molecule has 0 aliphatic heterocycles. The summed E-state index contributed by atoms with van der Waals surface area (Å²) in [5, 5.41) is 3.38. The largest absolute Gasteiger partial charge is 0.494 e. The van der Waals surface area contributed by atoms with Gasteiger partial charge in [-0.2, -0.15) is 0 Å². The molecule has 0 aliphatic rings. The fourth-order valence-corrected chi connectivity index (χ4v) is 2.37. The molecule has 0 bridgehead atoms. The van der Waals surface area contributed by atoms with Crippen molar-refractivity contribution in [3.05, 3.63) is 57.6 Å². The summed E-state index contributed by atoms with van der Waals surface area (Å²) in [6.07, 6.45) is 0. The number of methoxy groups -OCH3 is 1. The van der Waals surface area contributed by atoms with Crippen molar-refractivity contribution < 1.29 is 9.53 Å². The molecule has 2 aromatic carbocycles. The Bertz CT molecular complexity index is 616. The van der Waals surface area contributed by atoms with E-state index in [2.05, 4.69) is 5.32 Å². The molecule has 0 aliphatic carbocycles. The van der Waals surface area contributed by atoms with Crippen LogP contribution in [0.2, 0.25) is 10.0 Å². The molecule has 0 fully saturated rings. The first-order chi connectivity index (χ1) is 9.51. The lowest BCUT2D eigenvalue weighted by Crippen LogP contribution is -2.12. The number of benzene rings is 2. The summed E-state index contributed by atoms with van der Waals surface area (Å²) in [6.45, 7) is 1.98. The van der Waals surface area contributed by atoms with Gasteiger partial charge in [0.1, 0.15) is 0 Å². The molecule has 2 aromatic rings. The third-order valence-corrected chi connectivity index (χ3v) is 3.34. The normalized spacial score (nSPS) is 10.2. The maximum Gasteiger partial charge on any atom is 0.255 e. The Morgan fingerprint density at radius 2 is 1.65 bits per heavy atom. The van der Waals surface area contributed by atoms with Gasteiger partial charge in [0.05, 0.1) is 17.2 Å². The average molecular weight is 310 g/mol. The minimum absolute atomic E-state index is 0.277. The zero-order valence-corrected chi connectivity index (χ0v) is 12.5. The van der Waals surface area contributed by atoms with Gasteiger partial charge >= 0.3 is 0 Å². The molecule has 3 nitrogen and oxygen atoms in total. The summed E-state index contributed by atoms with van der Waals surface area (Å²) in [6, 6.07) is 10.6. The van der Waals surface area contributed by atoms with Crippen LogP contribution in [0, 0.1) is 6.92 Å². The van der Waals surface area contributed by atoms with Crippen LogP contribution in [0.25, 0.3) is 0 Å². The van der Waals surface area contributed by atoms with E-state index in [0.717, 1.165) is 5.56 Å². The molecular weight excluding hydrogens is 297 g/mol. The Labute approximate surface area is 127 Å². The summed E-state index contributed by atoms with van der Waals surface area (Å²) in [7, 11) is 1.47. The van der Waals surface area contributed by atoms with Crippen LogP contribution < -0.4 is 10.1 Å². The number of halogens is 2. The van der Waals surface area contributed by atoms with E-state index in [4.69, 9.17) is 27.9 Å². The quantitative estimate of drug-likeness (QED) is 0.902. The van der Waals surface area contributed by atoms with E-state index in [9.17, 15) is 4.79 Å².